The molecule has 2 aromatic rings. The summed E-state index contributed by atoms with van der Waals surface area (Å²) < 4.78 is 28.4. The second-order valence-electron chi connectivity index (χ2n) is 5.66. The monoisotopic (exact) mass is 368 g/mol. The second-order valence-corrected chi connectivity index (χ2v) is 8.40. The summed E-state index contributed by atoms with van der Waals surface area (Å²) >= 11 is 5.85. The minimum Gasteiger partial charge on any atom is -0.441 e. The molecule has 0 aliphatic carbocycles. The predicted molar refractivity (Wildman–Crippen MR) is 90.5 cm³/mol. The minimum absolute atomic E-state index is 0.0401. The molecule has 0 bridgehead atoms. The van der Waals surface area contributed by atoms with Gasteiger partial charge in [-0.25, -0.2) is 13.4 Å². The number of rotatable bonds is 4. The zero-order chi connectivity index (χ0) is 17.2. The molecular formula is C16H17ClN2O4S. The minimum atomic E-state index is -2.98. The van der Waals surface area contributed by atoms with Crippen LogP contribution in [-0.4, -0.2) is 48.8 Å². The highest BCUT2D eigenvalue weighted by Crippen LogP contribution is 2.22. The lowest BCUT2D eigenvalue weighted by atomic mass is 10.2. The van der Waals surface area contributed by atoms with E-state index < -0.39 is 9.84 Å². The quantitative estimate of drug-likeness (QED) is 0.826. The number of benzene rings is 1. The average molecular weight is 369 g/mol. The van der Waals surface area contributed by atoms with E-state index in [4.69, 9.17) is 16.0 Å². The first-order chi connectivity index (χ1) is 11.4. The lowest BCUT2D eigenvalue weighted by molar-refractivity contribution is -0.130. The fourth-order valence-corrected chi connectivity index (χ4v) is 3.83. The molecule has 1 aliphatic rings. The molecule has 1 aliphatic heterocycles. The third kappa shape index (κ3) is 4.15. The van der Waals surface area contributed by atoms with Crippen LogP contribution in [0.5, 0.6) is 0 Å². The Balaban J connectivity index is 1.56. The van der Waals surface area contributed by atoms with Crippen molar-refractivity contribution in [3.05, 3.63) is 41.4 Å². The van der Waals surface area contributed by atoms with Crippen molar-refractivity contribution >= 4 is 27.3 Å². The van der Waals surface area contributed by atoms with Gasteiger partial charge < -0.3 is 9.32 Å². The average Bonchev–Trinajstić information content (AvgIpc) is 3.02. The van der Waals surface area contributed by atoms with Gasteiger partial charge in [0.25, 0.3) is 0 Å². The van der Waals surface area contributed by atoms with Crippen LogP contribution in [-0.2, 0) is 21.1 Å². The number of halogens is 1. The van der Waals surface area contributed by atoms with Crippen LogP contribution in [0, 0.1) is 0 Å². The summed E-state index contributed by atoms with van der Waals surface area (Å²) in [4.78, 5) is 17.9. The van der Waals surface area contributed by atoms with E-state index in [0.29, 0.717) is 23.1 Å². The van der Waals surface area contributed by atoms with Crippen LogP contribution in [0.25, 0.3) is 11.3 Å². The molecule has 1 aromatic heterocycles. The Morgan fingerprint density at radius 3 is 2.54 bits per heavy atom. The molecule has 1 aromatic carbocycles. The summed E-state index contributed by atoms with van der Waals surface area (Å²) in [6.07, 6.45) is 2.26. The lowest BCUT2D eigenvalue weighted by Gasteiger charge is -2.26. The molecule has 6 nitrogen and oxygen atoms in total. The first-order valence-corrected chi connectivity index (χ1v) is 9.82. The number of amides is 1. The van der Waals surface area contributed by atoms with Gasteiger partial charge in [0.1, 0.15) is 0 Å². The standard InChI is InChI=1S/C16H17ClN2O4S/c17-13-3-1-12(2-4-13)14-11-18-15(23-14)5-6-16(20)19-7-9-24(21,22)10-8-19/h1-4,11H,5-10H2. The van der Waals surface area contributed by atoms with Gasteiger partial charge in [-0.15, -0.1) is 0 Å². The van der Waals surface area contributed by atoms with Gasteiger partial charge in [-0.2, -0.15) is 0 Å². The Hall–Kier alpha value is -1.86. The maximum absolute atomic E-state index is 12.1. The van der Waals surface area contributed by atoms with Crippen LogP contribution in [0.2, 0.25) is 5.02 Å². The van der Waals surface area contributed by atoms with Crippen molar-refractivity contribution < 1.29 is 17.6 Å². The van der Waals surface area contributed by atoms with Crippen LogP contribution in [0.3, 0.4) is 0 Å². The molecule has 8 heteroatoms. The number of nitrogens with zero attached hydrogens (tertiary/aromatic N) is 2. The maximum Gasteiger partial charge on any atom is 0.223 e. The Morgan fingerprint density at radius 1 is 1.21 bits per heavy atom. The maximum atomic E-state index is 12.1. The predicted octanol–water partition coefficient (Wildman–Crippen LogP) is 2.18. The number of oxazole rings is 1. The van der Waals surface area contributed by atoms with Gasteiger partial charge in [-0.05, 0) is 24.3 Å². The van der Waals surface area contributed by atoms with Crippen molar-refractivity contribution in [3.63, 3.8) is 0 Å². The van der Waals surface area contributed by atoms with E-state index in [1.807, 2.05) is 12.1 Å². The third-order valence-corrected chi connectivity index (χ3v) is 5.79. The zero-order valence-corrected chi connectivity index (χ0v) is 14.5. The van der Waals surface area contributed by atoms with E-state index in [-0.39, 0.29) is 36.9 Å². The molecule has 1 fully saturated rings. The Kier molecular flexibility index (Phi) is 4.91. The van der Waals surface area contributed by atoms with Crippen LogP contribution < -0.4 is 0 Å². The van der Waals surface area contributed by atoms with E-state index in [1.54, 1.807) is 23.2 Å². The molecule has 0 spiro atoms. The van der Waals surface area contributed by atoms with Gasteiger partial charge in [0, 0.05) is 36.5 Å². The molecule has 128 valence electrons. The zero-order valence-electron chi connectivity index (χ0n) is 12.9. The fraction of sp³-hybridized carbons (Fsp3) is 0.375. The first-order valence-electron chi connectivity index (χ1n) is 7.62. The molecule has 0 atom stereocenters. The summed E-state index contributed by atoms with van der Waals surface area (Å²) in [5.74, 6) is 1.11. The van der Waals surface area contributed by atoms with Gasteiger partial charge >= 0.3 is 0 Å². The van der Waals surface area contributed by atoms with Crippen molar-refractivity contribution in [1.29, 1.82) is 0 Å². The van der Waals surface area contributed by atoms with Gasteiger partial charge in [-0.3, -0.25) is 4.79 Å². The molecule has 24 heavy (non-hydrogen) atoms. The number of hydrogen-bond acceptors (Lipinski definition) is 5. The molecule has 2 heterocycles. The smallest absolute Gasteiger partial charge is 0.223 e. The van der Waals surface area contributed by atoms with Gasteiger partial charge in [0.15, 0.2) is 21.5 Å². The Labute approximate surface area is 145 Å². The van der Waals surface area contributed by atoms with E-state index in [0.717, 1.165) is 5.56 Å². The molecule has 1 amide bonds. The number of aryl methyl sites for hydroxylation is 1. The highest BCUT2D eigenvalue weighted by Gasteiger charge is 2.24. The largest absolute Gasteiger partial charge is 0.441 e. The van der Waals surface area contributed by atoms with Crippen LogP contribution >= 0.6 is 11.6 Å². The molecule has 3 rings (SSSR count). The molecule has 1 saturated heterocycles. The Bertz CT molecular complexity index is 816. The molecule has 0 N–H and O–H groups in total. The van der Waals surface area contributed by atoms with Crippen LogP contribution in [0.1, 0.15) is 12.3 Å². The van der Waals surface area contributed by atoms with Gasteiger partial charge in [-0.1, -0.05) is 11.6 Å². The van der Waals surface area contributed by atoms with Crippen molar-refractivity contribution in [2.24, 2.45) is 0 Å². The normalized spacial score (nSPS) is 17.0. The van der Waals surface area contributed by atoms with E-state index in [2.05, 4.69) is 4.98 Å². The van der Waals surface area contributed by atoms with E-state index in [1.165, 1.54) is 0 Å². The molecular weight excluding hydrogens is 352 g/mol. The highest BCUT2D eigenvalue weighted by molar-refractivity contribution is 7.91. The molecule has 0 saturated carbocycles. The van der Waals surface area contributed by atoms with Crippen LogP contribution in [0.4, 0.5) is 0 Å². The Morgan fingerprint density at radius 2 is 1.88 bits per heavy atom. The van der Waals surface area contributed by atoms with Crippen LogP contribution in [0.15, 0.2) is 34.9 Å². The second kappa shape index (κ2) is 6.94. The number of carbonyl (C=O) groups is 1. The molecule has 0 radical (unpaired) electrons. The fourth-order valence-electron chi connectivity index (χ4n) is 2.51. The topological polar surface area (TPSA) is 80.5 Å². The van der Waals surface area contributed by atoms with E-state index >= 15 is 0 Å². The number of sulfone groups is 1. The summed E-state index contributed by atoms with van der Waals surface area (Å²) in [7, 11) is -2.98. The highest BCUT2D eigenvalue weighted by atomic mass is 35.5. The summed E-state index contributed by atoms with van der Waals surface area (Å²) in [5, 5.41) is 0.646. The molecule has 0 unspecified atom stereocenters. The van der Waals surface area contributed by atoms with Crippen molar-refractivity contribution in [1.82, 2.24) is 9.88 Å². The van der Waals surface area contributed by atoms with Crippen molar-refractivity contribution in [2.45, 2.75) is 12.8 Å². The lowest BCUT2D eigenvalue weighted by Crippen LogP contribution is -2.43. The summed E-state index contributed by atoms with van der Waals surface area (Å²) in [5.41, 5.74) is 0.866. The van der Waals surface area contributed by atoms with Gasteiger partial charge in [0.2, 0.25) is 5.91 Å². The number of hydrogen-bond donors (Lipinski definition) is 0. The summed E-state index contributed by atoms with van der Waals surface area (Å²) in [6, 6.07) is 7.22. The first kappa shape index (κ1) is 17.0. The SMILES string of the molecule is O=C(CCc1ncc(-c2ccc(Cl)cc2)o1)N1CCS(=O)(=O)CC1. The van der Waals surface area contributed by atoms with E-state index in [9.17, 15) is 13.2 Å². The van der Waals surface area contributed by atoms with Crippen molar-refractivity contribution in [3.8, 4) is 11.3 Å². The number of aromatic nitrogens is 1. The number of carbonyl (C=O) groups excluding carboxylic acids is 1. The third-order valence-electron chi connectivity index (χ3n) is 3.93. The van der Waals surface area contributed by atoms with Crippen molar-refractivity contribution in [2.75, 3.05) is 24.6 Å². The van der Waals surface area contributed by atoms with Gasteiger partial charge in [0.05, 0.1) is 17.7 Å². The summed E-state index contributed by atoms with van der Waals surface area (Å²) in [6.45, 7) is 0.533.